The van der Waals surface area contributed by atoms with Gasteiger partial charge in [-0.1, -0.05) is 18.2 Å². The Labute approximate surface area is 131 Å². The number of para-hydroxylation sites is 1. The van der Waals surface area contributed by atoms with Gasteiger partial charge in [0.15, 0.2) is 0 Å². The Morgan fingerprint density at radius 3 is 2.73 bits per heavy atom. The van der Waals surface area contributed by atoms with Crippen molar-refractivity contribution in [2.45, 2.75) is 19.4 Å². The van der Waals surface area contributed by atoms with Crippen molar-refractivity contribution < 1.29 is 4.79 Å². The van der Waals surface area contributed by atoms with Gasteiger partial charge in [0.1, 0.15) is 0 Å². The second kappa shape index (κ2) is 7.98. The number of rotatable bonds is 7. The number of hydrogen-bond donors (Lipinski definition) is 2. The quantitative estimate of drug-likeness (QED) is 0.772. The molecule has 0 bridgehead atoms. The molecular weight excluding hydrogens is 274 g/mol. The Hall–Kier alpha value is -2.62. The van der Waals surface area contributed by atoms with Gasteiger partial charge in [0.05, 0.1) is 5.56 Å². The van der Waals surface area contributed by atoms with E-state index in [1.165, 1.54) is 0 Å². The summed E-state index contributed by atoms with van der Waals surface area (Å²) in [4.78, 5) is 16.4. The lowest BCUT2D eigenvalue weighted by molar-refractivity contribution is 0.0941. The molecular formula is C18H21N3O. The number of carbonyl (C=O) groups excluding carboxylic acids is 1. The number of nitrogens with one attached hydrogen (secondary N) is 2. The van der Waals surface area contributed by atoms with Crippen LogP contribution in [0.25, 0.3) is 0 Å². The van der Waals surface area contributed by atoms with E-state index in [2.05, 4.69) is 22.2 Å². The van der Waals surface area contributed by atoms with Crippen LogP contribution in [-0.4, -0.2) is 23.5 Å². The van der Waals surface area contributed by atoms with Crippen LogP contribution >= 0.6 is 0 Å². The van der Waals surface area contributed by atoms with E-state index in [9.17, 15) is 4.79 Å². The van der Waals surface area contributed by atoms with Crippen molar-refractivity contribution >= 4 is 11.6 Å². The van der Waals surface area contributed by atoms with Gasteiger partial charge in [-0.2, -0.15) is 0 Å². The summed E-state index contributed by atoms with van der Waals surface area (Å²) < 4.78 is 0. The third-order valence-electron chi connectivity index (χ3n) is 3.28. The summed E-state index contributed by atoms with van der Waals surface area (Å²) in [6, 6.07) is 11.4. The summed E-state index contributed by atoms with van der Waals surface area (Å²) in [5.74, 6) is -0.0753. The minimum atomic E-state index is -0.0753. The van der Waals surface area contributed by atoms with Crippen LogP contribution in [0.2, 0.25) is 0 Å². The van der Waals surface area contributed by atoms with E-state index in [0.717, 1.165) is 17.7 Å². The van der Waals surface area contributed by atoms with Gasteiger partial charge in [-0.15, -0.1) is 6.58 Å². The maximum absolute atomic E-state index is 12.4. The molecule has 0 aliphatic heterocycles. The minimum Gasteiger partial charge on any atom is -0.381 e. The molecule has 4 nitrogen and oxygen atoms in total. The van der Waals surface area contributed by atoms with Gasteiger partial charge in [0.2, 0.25) is 0 Å². The highest BCUT2D eigenvalue weighted by molar-refractivity contribution is 5.99. The third-order valence-corrected chi connectivity index (χ3v) is 3.28. The van der Waals surface area contributed by atoms with Gasteiger partial charge >= 0.3 is 0 Å². The first-order chi connectivity index (χ1) is 10.7. The van der Waals surface area contributed by atoms with Gasteiger partial charge in [0.25, 0.3) is 5.91 Å². The van der Waals surface area contributed by atoms with Crippen LogP contribution in [0.5, 0.6) is 0 Å². The normalized spacial score (nSPS) is 11.5. The van der Waals surface area contributed by atoms with Crippen LogP contribution in [0.1, 0.15) is 22.8 Å². The minimum absolute atomic E-state index is 0.0439. The fourth-order valence-electron chi connectivity index (χ4n) is 2.24. The molecule has 1 aromatic carbocycles. The van der Waals surface area contributed by atoms with Crippen LogP contribution in [0.4, 0.5) is 5.69 Å². The van der Waals surface area contributed by atoms with Gasteiger partial charge < -0.3 is 10.6 Å². The Balaban J connectivity index is 2.01. The lowest BCUT2D eigenvalue weighted by Gasteiger charge is -2.16. The molecule has 0 radical (unpaired) electrons. The predicted molar refractivity (Wildman–Crippen MR) is 90.0 cm³/mol. The van der Waals surface area contributed by atoms with E-state index in [-0.39, 0.29) is 11.9 Å². The summed E-state index contributed by atoms with van der Waals surface area (Å²) in [5.41, 5.74) is 2.61. The molecule has 0 saturated carbocycles. The van der Waals surface area contributed by atoms with E-state index >= 15 is 0 Å². The lowest BCUT2D eigenvalue weighted by Crippen LogP contribution is -2.34. The molecule has 0 fully saturated rings. The highest BCUT2D eigenvalue weighted by atomic mass is 16.1. The van der Waals surface area contributed by atoms with Crippen molar-refractivity contribution in [1.29, 1.82) is 0 Å². The zero-order valence-corrected chi connectivity index (χ0v) is 12.8. The Kier molecular flexibility index (Phi) is 5.72. The standard InChI is InChI=1S/C18H21N3O/c1-3-10-20-17-7-5-4-6-16(17)18(22)21-14(2)13-15-8-11-19-12-9-15/h3-9,11-12,14,20H,1,10,13H2,2H3,(H,21,22). The van der Waals surface area contributed by atoms with E-state index in [1.807, 2.05) is 43.3 Å². The molecule has 4 heteroatoms. The maximum atomic E-state index is 12.4. The van der Waals surface area contributed by atoms with Gasteiger partial charge in [-0.3, -0.25) is 9.78 Å². The third kappa shape index (κ3) is 4.45. The first kappa shape index (κ1) is 15.8. The molecule has 1 aromatic heterocycles. The molecule has 0 aliphatic carbocycles. The molecule has 1 atom stereocenters. The first-order valence-electron chi connectivity index (χ1n) is 7.34. The summed E-state index contributed by atoms with van der Waals surface area (Å²) >= 11 is 0. The molecule has 2 rings (SSSR count). The maximum Gasteiger partial charge on any atom is 0.253 e. The van der Waals surface area contributed by atoms with E-state index in [0.29, 0.717) is 12.1 Å². The number of anilines is 1. The van der Waals surface area contributed by atoms with Crippen molar-refractivity contribution in [3.63, 3.8) is 0 Å². The summed E-state index contributed by atoms with van der Waals surface area (Å²) in [7, 11) is 0. The van der Waals surface area contributed by atoms with Crippen molar-refractivity contribution in [3.8, 4) is 0 Å². The average Bonchev–Trinajstić information content (AvgIpc) is 2.54. The molecule has 0 aliphatic rings. The number of nitrogens with zero attached hydrogens (tertiary/aromatic N) is 1. The van der Waals surface area contributed by atoms with Crippen LogP contribution < -0.4 is 10.6 Å². The van der Waals surface area contributed by atoms with Crippen LogP contribution in [-0.2, 0) is 6.42 Å². The van der Waals surface area contributed by atoms with Crippen LogP contribution in [0.15, 0.2) is 61.4 Å². The fourth-order valence-corrected chi connectivity index (χ4v) is 2.24. The summed E-state index contributed by atoms with van der Waals surface area (Å²) in [5, 5.41) is 6.22. The molecule has 2 aromatic rings. The second-order valence-corrected chi connectivity index (χ2v) is 5.15. The molecule has 0 spiro atoms. The lowest BCUT2D eigenvalue weighted by atomic mass is 10.1. The van der Waals surface area contributed by atoms with E-state index in [1.54, 1.807) is 18.5 Å². The Bertz CT molecular complexity index is 625. The van der Waals surface area contributed by atoms with Gasteiger partial charge in [-0.25, -0.2) is 0 Å². The second-order valence-electron chi connectivity index (χ2n) is 5.15. The molecule has 0 saturated heterocycles. The Morgan fingerprint density at radius 1 is 1.27 bits per heavy atom. The van der Waals surface area contributed by atoms with Crippen molar-refractivity contribution in [3.05, 3.63) is 72.6 Å². The number of aromatic nitrogens is 1. The molecule has 22 heavy (non-hydrogen) atoms. The van der Waals surface area contributed by atoms with E-state index < -0.39 is 0 Å². The smallest absolute Gasteiger partial charge is 0.253 e. The van der Waals surface area contributed by atoms with Gasteiger partial charge in [-0.05, 0) is 43.2 Å². The molecule has 1 unspecified atom stereocenters. The molecule has 1 amide bonds. The Morgan fingerprint density at radius 2 is 2.00 bits per heavy atom. The van der Waals surface area contributed by atoms with Crippen LogP contribution in [0, 0.1) is 0 Å². The number of pyridine rings is 1. The van der Waals surface area contributed by atoms with Crippen molar-refractivity contribution in [2.24, 2.45) is 0 Å². The topological polar surface area (TPSA) is 54.0 Å². The monoisotopic (exact) mass is 295 g/mol. The van der Waals surface area contributed by atoms with Crippen LogP contribution in [0.3, 0.4) is 0 Å². The van der Waals surface area contributed by atoms with Gasteiger partial charge in [0, 0.05) is 30.7 Å². The molecule has 1 heterocycles. The summed E-state index contributed by atoms with van der Waals surface area (Å²) in [6.07, 6.45) is 6.06. The van der Waals surface area contributed by atoms with E-state index in [4.69, 9.17) is 0 Å². The highest BCUT2D eigenvalue weighted by Gasteiger charge is 2.13. The molecule has 114 valence electrons. The van der Waals surface area contributed by atoms with Crippen molar-refractivity contribution in [1.82, 2.24) is 10.3 Å². The number of carbonyl (C=O) groups is 1. The SMILES string of the molecule is C=CCNc1ccccc1C(=O)NC(C)Cc1ccncc1. The zero-order chi connectivity index (χ0) is 15.8. The number of benzene rings is 1. The van der Waals surface area contributed by atoms with Crippen molar-refractivity contribution in [2.75, 3.05) is 11.9 Å². The zero-order valence-electron chi connectivity index (χ0n) is 12.8. The number of amides is 1. The fraction of sp³-hybridized carbons (Fsp3) is 0.222. The molecule has 2 N–H and O–H groups in total. The highest BCUT2D eigenvalue weighted by Crippen LogP contribution is 2.15. The summed E-state index contributed by atoms with van der Waals surface area (Å²) in [6.45, 7) is 6.30. The first-order valence-corrected chi connectivity index (χ1v) is 7.34. The average molecular weight is 295 g/mol. The largest absolute Gasteiger partial charge is 0.381 e. The number of hydrogen-bond acceptors (Lipinski definition) is 3. The predicted octanol–water partition coefficient (Wildman–Crippen LogP) is 3.04.